The average molecular weight is 301 g/mol. The Morgan fingerprint density at radius 3 is 2.95 bits per heavy atom. The normalized spacial score (nSPS) is 17.5. The molecule has 1 aromatic rings. The summed E-state index contributed by atoms with van der Waals surface area (Å²) in [5, 5.41) is 2.83. The lowest BCUT2D eigenvalue weighted by Crippen LogP contribution is -2.26. The molecule has 1 unspecified atom stereocenters. The number of rotatable bonds is 6. The number of hydrogen-bond acceptors (Lipinski definition) is 4. The van der Waals surface area contributed by atoms with Crippen molar-refractivity contribution in [1.29, 1.82) is 0 Å². The van der Waals surface area contributed by atoms with Gasteiger partial charge in [0.1, 0.15) is 0 Å². The van der Waals surface area contributed by atoms with Gasteiger partial charge in [0.2, 0.25) is 0 Å². The van der Waals surface area contributed by atoms with Gasteiger partial charge < -0.3 is 20.5 Å². The minimum absolute atomic E-state index is 0. The lowest BCUT2D eigenvalue weighted by Gasteiger charge is -2.10. The van der Waals surface area contributed by atoms with Gasteiger partial charge in [-0.05, 0) is 25.0 Å². The van der Waals surface area contributed by atoms with Crippen LogP contribution in [0.5, 0.6) is 0 Å². The van der Waals surface area contributed by atoms with Gasteiger partial charge in [0.25, 0.3) is 5.91 Å². The first-order chi connectivity index (χ1) is 9.27. The Hall–Kier alpha value is -1.30. The number of halogens is 1. The molecule has 20 heavy (non-hydrogen) atoms. The Morgan fingerprint density at radius 1 is 1.45 bits per heavy atom. The van der Waals surface area contributed by atoms with Gasteiger partial charge in [0, 0.05) is 25.4 Å². The van der Waals surface area contributed by atoms with Crippen molar-refractivity contribution >= 4 is 24.0 Å². The lowest BCUT2D eigenvalue weighted by molar-refractivity contribution is 0.0415. The summed E-state index contributed by atoms with van der Waals surface area (Å²) in [7, 11) is 0. The first-order valence-electron chi connectivity index (χ1n) is 6.59. The van der Waals surface area contributed by atoms with Gasteiger partial charge in [-0.2, -0.15) is 0 Å². The van der Waals surface area contributed by atoms with Gasteiger partial charge in [0.05, 0.1) is 18.3 Å². The SMILES string of the molecule is Cl.Nc1ccccc1C(=O)NCCCOC1CCOC1. The van der Waals surface area contributed by atoms with Crippen molar-refractivity contribution in [3.8, 4) is 0 Å². The molecule has 0 saturated carbocycles. The van der Waals surface area contributed by atoms with Gasteiger partial charge in [0.15, 0.2) is 0 Å². The summed E-state index contributed by atoms with van der Waals surface area (Å²) in [5.41, 5.74) is 6.76. The van der Waals surface area contributed by atoms with Crippen LogP contribution in [-0.4, -0.2) is 38.4 Å². The molecule has 2 rings (SSSR count). The number of benzene rings is 1. The number of ether oxygens (including phenoxy) is 2. The maximum Gasteiger partial charge on any atom is 0.253 e. The van der Waals surface area contributed by atoms with Gasteiger partial charge in [-0.1, -0.05) is 12.1 Å². The number of hydrogen-bond donors (Lipinski definition) is 2. The van der Waals surface area contributed by atoms with Crippen LogP contribution in [0, 0.1) is 0 Å². The third kappa shape index (κ3) is 5.00. The van der Waals surface area contributed by atoms with Crippen LogP contribution in [0.2, 0.25) is 0 Å². The molecule has 1 aromatic carbocycles. The molecule has 0 radical (unpaired) electrons. The molecule has 1 amide bonds. The third-order valence-electron chi connectivity index (χ3n) is 3.05. The molecule has 0 aromatic heterocycles. The Kier molecular flexibility index (Phi) is 7.36. The highest BCUT2D eigenvalue weighted by Crippen LogP contribution is 2.10. The smallest absolute Gasteiger partial charge is 0.253 e. The number of nitrogens with one attached hydrogen (secondary N) is 1. The molecule has 112 valence electrons. The van der Waals surface area contributed by atoms with Crippen LogP contribution in [0.1, 0.15) is 23.2 Å². The number of carbonyl (C=O) groups is 1. The van der Waals surface area contributed by atoms with Gasteiger partial charge in [-0.3, -0.25) is 4.79 Å². The summed E-state index contributed by atoms with van der Waals surface area (Å²) in [6.07, 6.45) is 1.97. The number of carbonyl (C=O) groups excluding carboxylic acids is 1. The first kappa shape index (κ1) is 16.8. The minimum Gasteiger partial charge on any atom is -0.398 e. The van der Waals surface area contributed by atoms with E-state index < -0.39 is 0 Å². The van der Waals surface area contributed by atoms with Crippen LogP contribution in [-0.2, 0) is 9.47 Å². The van der Waals surface area contributed by atoms with Crippen molar-refractivity contribution < 1.29 is 14.3 Å². The van der Waals surface area contributed by atoms with E-state index in [1.165, 1.54) is 0 Å². The first-order valence-corrected chi connectivity index (χ1v) is 6.59. The summed E-state index contributed by atoms with van der Waals surface area (Å²) in [4.78, 5) is 11.8. The lowest BCUT2D eigenvalue weighted by atomic mass is 10.1. The van der Waals surface area contributed by atoms with E-state index in [0.717, 1.165) is 19.4 Å². The Labute approximate surface area is 125 Å². The van der Waals surface area contributed by atoms with E-state index in [0.29, 0.717) is 31.0 Å². The van der Waals surface area contributed by atoms with E-state index in [2.05, 4.69) is 5.32 Å². The third-order valence-corrected chi connectivity index (χ3v) is 3.05. The molecule has 1 heterocycles. The fourth-order valence-electron chi connectivity index (χ4n) is 1.97. The Morgan fingerprint density at radius 2 is 2.25 bits per heavy atom. The molecule has 0 spiro atoms. The number of amides is 1. The van der Waals surface area contributed by atoms with Crippen molar-refractivity contribution in [2.45, 2.75) is 18.9 Å². The van der Waals surface area contributed by atoms with Crippen LogP contribution in [0.4, 0.5) is 5.69 Å². The van der Waals surface area contributed by atoms with Crippen LogP contribution < -0.4 is 11.1 Å². The van der Waals surface area contributed by atoms with Gasteiger partial charge in [-0.25, -0.2) is 0 Å². The van der Waals surface area contributed by atoms with Crippen molar-refractivity contribution in [3.63, 3.8) is 0 Å². The standard InChI is InChI=1S/C14H20N2O3.ClH/c15-13-5-2-1-4-12(13)14(17)16-7-3-8-19-11-6-9-18-10-11;/h1-2,4-5,11H,3,6-10,15H2,(H,16,17);1H. The largest absolute Gasteiger partial charge is 0.398 e. The summed E-state index contributed by atoms with van der Waals surface area (Å²) in [6, 6.07) is 7.05. The van der Waals surface area contributed by atoms with Crippen molar-refractivity contribution in [1.82, 2.24) is 5.32 Å². The molecule has 5 nitrogen and oxygen atoms in total. The Bertz CT molecular complexity index is 423. The van der Waals surface area contributed by atoms with Crippen molar-refractivity contribution in [2.24, 2.45) is 0 Å². The summed E-state index contributed by atoms with van der Waals surface area (Å²) in [5.74, 6) is -0.137. The van der Waals surface area contributed by atoms with Gasteiger partial charge in [-0.15, -0.1) is 12.4 Å². The Balaban J connectivity index is 0.00000200. The topological polar surface area (TPSA) is 73.6 Å². The van der Waals surface area contributed by atoms with E-state index in [4.69, 9.17) is 15.2 Å². The highest BCUT2D eigenvalue weighted by atomic mass is 35.5. The maximum atomic E-state index is 11.8. The zero-order valence-electron chi connectivity index (χ0n) is 11.3. The summed E-state index contributed by atoms with van der Waals surface area (Å²) in [6.45, 7) is 2.70. The molecule has 1 atom stereocenters. The van der Waals surface area contributed by atoms with Crippen LogP contribution in [0.3, 0.4) is 0 Å². The number of nitrogen functional groups attached to an aromatic ring is 1. The molecular formula is C14H21ClN2O3. The van der Waals surface area contributed by atoms with Crippen molar-refractivity contribution in [3.05, 3.63) is 29.8 Å². The second-order valence-electron chi connectivity index (χ2n) is 4.55. The summed E-state index contributed by atoms with van der Waals surface area (Å²) >= 11 is 0. The average Bonchev–Trinajstić information content (AvgIpc) is 2.92. The second-order valence-corrected chi connectivity index (χ2v) is 4.55. The predicted octanol–water partition coefficient (Wildman–Crippen LogP) is 1.62. The molecule has 0 aliphatic carbocycles. The van der Waals surface area contributed by atoms with Crippen LogP contribution in [0.15, 0.2) is 24.3 Å². The second kappa shape index (κ2) is 8.79. The zero-order chi connectivity index (χ0) is 13.5. The molecular weight excluding hydrogens is 280 g/mol. The molecule has 0 bridgehead atoms. The predicted molar refractivity (Wildman–Crippen MR) is 80.2 cm³/mol. The van der Waals surface area contributed by atoms with Crippen LogP contribution >= 0.6 is 12.4 Å². The number of anilines is 1. The molecule has 1 aliphatic rings. The molecule has 1 aliphatic heterocycles. The van der Waals surface area contributed by atoms with Crippen LogP contribution in [0.25, 0.3) is 0 Å². The van der Waals surface area contributed by atoms with E-state index in [1.807, 2.05) is 6.07 Å². The zero-order valence-corrected chi connectivity index (χ0v) is 12.2. The summed E-state index contributed by atoms with van der Waals surface area (Å²) < 4.78 is 10.8. The molecule has 1 saturated heterocycles. The van der Waals surface area contributed by atoms with Gasteiger partial charge >= 0.3 is 0 Å². The maximum absolute atomic E-state index is 11.8. The van der Waals surface area contributed by atoms with E-state index in [1.54, 1.807) is 18.2 Å². The molecule has 1 fully saturated rings. The monoisotopic (exact) mass is 300 g/mol. The fourth-order valence-corrected chi connectivity index (χ4v) is 1.97. The highest BCUT2D eigenvalue weighted by molar-refractivity contribution is 5.98. The quantitative estimate of drug-likeness (QED) is 0.618. The molecule has 6 heteroatoms. The fraction of sp³-hybridized carbons (Fsp3) is 0.500. The van der Waals surface area contributed by atoms with E-state index in [9.17, 15) is 4.79 Å². The minimum atomic E-state index is -0.137. The number of para-hydroxylation sites is 1. The highest BCUT2D eigenvalue weighted by Gasteiger charge is 2.15. The number of nitrogens with two attached hydrogens (primary N) is 1. The molecule has 3 N–H and O–H groups in total. The van der Waals surface area contributed by atoms with Crippen molar-refractivity contribution in [2.75, 3.05) is 32.1 Å². The van der Waals surface area contributed by atoms with E-state index >= 15 is 0 Å². The van der Waals surface area contributed by atoms with E-state index in [-0.39, 0.29) is 24.4 Å².